The van der Waals surface area contributed by atoms with Crippen LogP contribution in [0.2, 0.25) is 0 Å². The summed E-state index contributed by atoms with van der Waals surface area (Å²) >= 11 is 2.27. The van der Waals surface area contributed by atoms with Crippen LogP contribution < -0.4 is 16.0 Å². The molecule has 0 aliphatic carbocycles. The van der Waals surface area contributed by atoms with E-state index in [1.165, 1.54) is 31.6 Å². The minimum atomic E-state index is 0.778. The van der Waals surface area contributed by atoms with E-state index >= 15 is 0 Å². The first-order valence-corrected chi connectivity index (χ1v) is 7.97. The van der Waals surface area contributed by atoms with E-state index in [9.17, 15) is 0 Å². The molecule has 1 aliphatic heterocycles. The molecule has 1 aliphatic rings. The Morgan fingerprint density at radius 1 is 1.00 bits per heavy atom. The first kappa shape index (κ1) is 13.5. The molecule has 0 aromatic heterocycles. The third kappa shape index (κ3) is 3.00. The fourth-order valence-corrected chi connectivity index (χ4v) is 3.05. The maximum Gasteiger partial charge on any atom is 0.0618 e. The second-order valence-corrected chi connectivity index (χ2v) is 6.34. The van der Waals surface area contributed by atoms with E-state index in [-0.39, 0.29) is 0 Å². The van der Waals surface area contributed by atoms with Gasteiger partial charge in [0.25, 0.3) is 0 Å². The van der Waals surface area contributed by atoms with Crippen LogP contribution in [0.5, 0.6) is 0 Å². The normalized spacial score (nSPS) is 14.6. The minimum absolute atomic E-state index is 0.778. The Morgan fingerprint density at radius 2 is 1.70 bits per heavy atom. The van der Waals surface area contributed by atoms with Gasteiger partial charge in [-0.05, 0) is 77.9 Å². The molecule has 3 N–H and O–H groups in total. The van der Waals surface area contributed by atoms with Crippen LogP contribution in [0.3, 0.4) is 0 Å². The molecule has 2 aromatic rings. The molecule has 4 heteroatoms. The van der Waals surface area contributed by atoms with Crippen LogP contribution in [-0.4, -0.2) is 13.1 Å². The van der Waals surface area contributed by atoms with Crippen LogP contribution in [0.1, 0.15) is 12.8 Å². The van der Waals surface area contributed by atoms with Gasteiger partial charge in [0.2, 0.25) is 0 Å². The highest BCUT2D eigenvalue weighted by Crippen LogP contribution is 2.27. The van der Waals surface area contributed by atoms with Crippen molar-refractivity contribution in [2.45, 2.75) is 12.8 Å². The molecule has 0 radical (unpaired) electrons. The molecule has 0 amide bonds. The van der Waals surface area contributed by atoms with E-state index in [0.29, 0.717) is 0 Å². The van der Waals surface area contributed by atoms with Gasteiger partial charge in [0.15, 0.2) is 0 Å². The SMILES string of the molecule is Nc1cc(I)ccc1Nc1ccc(N2CCCC2)cc1. The molecule has 0 saturated carbocycles. The zero-order chi connectivity index (χ0) is 13.9. The number of halogens is 1. The average molecular weight is 379 g/mol. The fourth-order valence-electron chi connectivity index (χ4n) is 2.53. The maximum atomic E-state index is 6.02. The quantitative estimate of drug-likeness (QED) is 0.620. The van der Waals surface area contributed by atoms with Crippen LogP contribution in [0.15, 0.2) is 42.5 Å². The highest BCUT2D eigenvalue weighted by atomic mass is 127. The zero-order valence-corrected chi connectivity index (χ0v) is 13.4. The van der Waals surface area contributed by atoms with Crippen LogP contribution in [0, 0.1) is 3.57 Å². The molecular weight excluding hydrogens is 361 g/mol. The number of hydrogen-bond acceptors (Lipinski definition) is 3. The lowest BCUT2D eigenvalue weighted by Gasteiger charge is -2.18. The Balaban J connectivity index is 1.74. The molecule has 1 heterocycles. The van der Waals surface area contributed by atoms with E-state index in [2.05, 4.69) is 63.1 Å². The zero-order valence-electron chi connectivity index (χ0n) is 11.3. The Hall–Kier alpha value is -1.43. The minimum Gasteiger partial charge on any atom is -0.397 e. The van der Waals surface area contributed by atoms with Crippen LogP contribution in [0.25, 0.3) is 0 Å². The topological polar surface area (TPSA) is 41.3 Å². The molecule has 0 atom stereocenters. The van der Waals surface area contributed by atoms with E-state index in [1.807, 2.05) is 12.1 Å². The molecule has 0 spiro atoms. The third-order valence-corrected chi connectivity index (χ3v) is 4.30. The fraction of sp³-hybridized carbons (Fsp3) is 0.250. The summed E-state index contributed by atoms with van der Waals surface area (Å²) in [6.07, 6.45) is 2.61. The molecule has 1 fully saturated rings. The van der Waals surface area contributed by atoms with Crippen LogP contribution in [0.4, 0.5) is 22.7 Å². The van der Waals surface area contributed by atoms with Crippen molar-refractivity contribution in [2.24, 2.45) is 0 Å². The molecular formula is C16H18IN3. The number of nitrogens with two attached hydrogens (primary N) is 1. The van der Waals surface area contributed by atoms with Crippen molar-refractivity contribution in [3.63, 3.8) is 0 Å². The summed E-state index contributed by atoms with van der Waals surface area (Å²) in [7, 11) is 0. The third-order valence-electron chi connectivity index (χ3n) is 3.63. The monoisotopic (exact) mass is 379 g/mol. The van der Waals surface area contributed by atoms with Gasteiger partial charge in [-0.25, -0.2) is 0 Å². The molecule has 3 rings (SSSR count). The Bertz CT molecular complexity index is 589. The van der Waals surface area contributed by atoms with E-state index < -0.39 is 0 Å². The van der Waals surface area contributed by atoms with Crippen molar-refractivity contribution in [2.75, 3.05) is 29.0 Å². The van der Waals surface area contributed by atoms with Gasteiger partial charge >= 0.3 is 0 Å². The van der Waals surface area contributed by atoms with Crippen LogP contribution in [-0.2, 0) is 0 Å². The van der Waals surface area contributed by atoms with Gasteiger partial charge < -0.3 is 16.0 Å². The smallest absolute Gasteiger partial charge is 0.0618 e. The Labute approximate surface area is 133 Å². The van der Waals surface area contributed by atoms with E-state index in [4.69, 9.17) is 5.73 Å². The number of nitrogen functional groups attached to an aromatic ring is 1. The summed E-state index contributed by atoms with van der Waals surface area (Å²) in [5.74, 6) is 0. The van der Waals surface area contributed by atoms with Gasteiger partial charge in [0.1, 0.15) is 0 Å². The molecule has 2 aromatic carbocycles. The lowest BCUT2D eigenvalue weighted by Crippen LogP contribution is -2.17. The second-order valence-electron chi connectivity index (χ2n) is 5.10. The molecule has 20 heavy (non-hydrogen) atoms. The summed E-state index contributed by atoms with van der Waals surface area (Å²) in [4.78, 5) is 2.43. The summed E-state index contributed by atoms with van der Waals surface area (Å²) in [5, 5.41) is 3.37. The first-order valence-electron chi connectivity index (χ1n) is 6.89. The predicted octanol–water partition coefficient (Wildman–Crippen LogP) is 4.22. The first-order chi connectivity index (χ1) is 9.72. The molecule has 0 bridgehead atoms. The number of nitrogens with one attached hydrogen (secondary N) is 1. The van der Waals surface area contributed by atoms with Crippen molar-refractivity contribution in [1.82, 2.24) is 0 Å². The molecule has 0 unspecified atom stereocenters. The van der Waals surface area contributed by atoms with Crippen molar-refractivity contribution in [3.8, 4) is 0 Å². The highest BCUT2D eigenvalue weighted by molar-refractivity contribution is 14.1. The number of anilines is 4. The lowest BCUT2D eigenvalue weighted by atomic mass is 10.2. The van der Waals surface area contributed by atoms with Gasteiger partial charge in [-0.3, -0.25) is 0 Å². The lowest BCUT2D eigenvalue weighted by molar-refractivity contribution is 0.949. The van der Waals surface area contributed by atoms with E-state index in [1.54, 1.807) is 0 Å². The standard InChI is InChI=1S/C16H18IN3/c17-12-3-8-16(15(18)11-12)19-13-4-6-14(7-5-13)20-9-1-2-10-20/h3-8,11,19H,1-2,9-10,18H2. The van der Waals surface area contributed by atoms with Gasteiger partial charge in [0.05, 0.1) is 11.4 Å². The van der Waals surface area contributed by atoms with Crippen molar-refractivity contribution >= 4 is 45.3 Å². The summed E-state index contributed by atoms with van der Waals surface area (Å²) in [6, 6.07) is 14.6. The van der Waals surface area contributed by atoms with Gasteiger partial charge in [-0.1, -0.05) is 0 Å². The van der Waals surface area contributed by atoms with Gasteiger partial charge in [0, 0.05) is 28.0 Å². The Morgan fingerprint density at radius 3 is 2.35 bits per heavy atom. The maximum absolute atomic E-state index is 6.02. The highest BCUT2D eigenvalue weighted by Gasteiger charge is 2.11. The van der Waals surface area contributed by atoms with E-state index in [0.717, 1.165) is 20.6 Å². The number of benzene rings is 2. The summed E-state index contributed by atoms with van der Waals surface area (Å²) in [5.41, 5.74) is 10.1. The van der Waals surface area contributed by atoms with Gasteiger partial charge in [-0.15, -0.1) is 0 Å². The molecule has 1 saturated heterocycles. The molecule has 3 nitrogen and oxygen atoms in total. The molecule has 104 valence electrons. The van der Waals surface area contributed by atoms with Crippen LogP contribution >= 0.6 is 22.6 Å². The largest absolute Gasteiger partial charge is 0.397 e. The van der Waals surface area contributed by atoms with Crippen molar-refractivity contribution in [1.29, 1.82) is 0 Å². The number of nitrogens with zero attached hydrogens (tertiary/aromatic N) is 1. The summed E-state index contributed by atoms with van der Waals surface area (Å²) in [6.45, 7) is 2.35. The van der Waals surface area contributed by atoms with Crippen molar-refractivity contribution in [3.05, 3.63) is 46.0 Å². The predicted molar refractivity (Wildman–Crippen MR) is 94.7 cm³/mol. The van der Waals surface area contributed by atoms with Gasteiger partial charge in [-0.2, -0.15) is 0 Å². The number of rotatable bonds is 3. The summed E-state index contributed by atoms with van der Waals surface area (Å²) < 4.78 is 1.15. The number of hydrogen-bond donors (Lipinski definition) is 2. The Kier molecular flexibility index (Phi) is 4.00. The second kappa shape index (κ2) is 5.91. The average Bonchev–Trinajstić information content (AvgIpc) is 2.97. The van der Waals surface area contributed by atoms with Crippen molar-refractivity contribution < 1.29 is 0 Å².